The number of ether oxygens (including phenoxy) is 1. The van der Waals surface area contributed by atoms with Crippen molar-refractivity contribution in [3.63, 3.8) is 0 Å². The van der Waals surface area contributed by atoms with Crippen molar-refractivity contribution in [2.24, 2.45) is 0 Å². The van der Waals surface area contributed by atoms with Gasteiger partial charge in [0, 0.05) is 19.4 Å². The van der Waals surface area contributed by atoms with Crippen molar-refractivity contribution in [1.29, 1.82) is 0 Å². The minimum atomic E-state index is -2.93. The molecule has 0 bridgehead atoms. The van der Waals surface area contributed by atoms with Crippen molar-refractivity contribution in [2.75, 3.05) is 13.7 Å². The predicted octanol–water partition coefficient (Wildman–Crippen LogP) is -0.529. The Kier molecular flexibility index (Phi) is 3.89. The fourth-order valence-electron chi connectivity index (χ4n) is 2.58. The lowest BCUT2D eigenvalue weighted by Crippen LogP contribution is -2.49. The molecule has 2 aliphatic rings. The highest BCUT2D eigenvalue weighted by molar-refractivity contribution is 8.07. The molecule has 0 saturated carbocycles. The minimum absolute atomic E-state index is 0.0839. The number of aliphatic hydroxyl groups is 1. The van der Waals surface area contributed by atoms with E-state index in [1.54, 1.807) is 0 Å². The molecule has 1 aromatic rings. The van der Waals surface area contributed by atoms with Crippen molar-refractivity contribution in [3.8, 4) is 0 Å². The fraction of sp³-hybridized carbons (Fsp3) is 0.636. The SMILES string of the molecule is COP1(=S)OCC2OC(n3ccc(=O)[nH]c3=O)C(C)(O)C2O1. The van der Waals surface area contributed by atoms with Gasteiger partial charge in [0.1, 0.15) is 17.8 Å². The molecule has 2 N–H and O–H groups in total. The van der Waals surface area contributed by atoms with Crippen LogP contribution in [0.4, 0.5) is 0 Å². The van der Waals surface area contributed by atoms with Gasteiger partial charge in [-0.1, -0.05) is 0 Å². The van der Waals surface area contributed by atoms with Crippen LogP contribution in [0.3, 0.4) is 0 Å². The number of fused-ring (bicyclic) bond motifs is 1. The highest BCUT2D eigenvalue weighted by Gasteiger charge is 2.58. The quantitative estimate of drug-likeness (QED) is 0.685. The maximum absolute atomic E-state index is 11.9. The summed E-state index contributed by atoms with van der Waals surface area (Å²) in [6.07, 6.45) is -1.21. The van der Waals surface area contributed by atoms with Gasteiger partial charge in [-0.05, 0) is 18.7 Å². The molecule has 2 saturated heterocycles. The van der Waals surface area contributed by atoms with Crippen molar-refractivity contribution in [3.05, 3.63) is 33.1 Å². The molecule has 9 nitrogen and oxygen atoms in total. The number of nitrogens with one attached hydrogen (secondary N) is 1. The molecule has 0 aliphatic carbocycles. The van der Waals surface area contributed by atoms with Crippen molar-refractivity contribution in [2.45, 2.75) is 31.0 Å². The number of hydrogen-bond donors (Lipinski definition) is 2. The molecule has 11 heteroatoms. The highest BCUT2D eigenvalue weighted by atomic mass is 32.5. The van der Waals surface area contributed by atoms with E-state index in [0.29, 0.717) is 0 Å². The summed E-state index contributed by atoms with van der Waals surface area (Å²) in [6, 6.07) is 1.17. The van der Waals surface area contributed by atoms with Crippen LogP contribution < -0.4 is 11.2 Å². The number of nitrogens with zero attached hydrogens (tertiary/aromatic N) is 1. The predicted molar refractivity (Wildman–Crippen MR) is 78.0 cm³/mol. The van der Waals surface area contributed by atoms with Crippen LogP contribution in [0.2, 0.25) is 0 Å². The molecule has 1 aromatic heterocycles. The van der Waals surface area contributed by atoms with E-state index in [-0.39, 0.29) is 6.61 Å². The standard InChI is InChI=1S/C11H15N2O7PS/c1-11(16)8-6(5-18-21(22,17-2)20-8)19-9(11)13-4-3-7(14)12-10(13)15/h3-4,6,8-9,16H,5H2,1-2H3,(H,12,14,15). The van der Waals surface area contributed by atoms with Crippen LogP contribution in [0, 0.1) is 0 Å². The lowest BCUT2D eigenvalue weighted by Gasteiger charge is -2.36. The van der Waals surface area contributed by atoms with E-state index in [1.807, 2.05) is 0 Å². The summed E-state index contributed by atoms with van der Waals surface area (Å²) in [5.74, 6) is 0. The third kappa shape index (κ3) is 2.50. The highest BCUT2D eigenvalue weighted by Crippen LogP contribution is 2.58. The van der Waals surface area contributed by atoms with Crippen LogP contribution >= 0.6 is 6.72 Å². The van der Waals surface area contributed by atoms with E-state index in [2.05, 4.69) is 4.98 Å². The lowest BCUT2D eigenvalue weighted by atomic mass is 9.96. The Labute approximate surface area is 130 Å². The third-order valence-corrected chi connectivity index (χ3v) is 6.10. The molecule has 5 atom stereocenters. The van der Waals surface area contributed by atoms with E-state index in [1.165, 1.54) is 26.3 Å². The van der Waals surface area contributed by atoms with Crippen molar-refractivity contribution < 1.29 is 23.4 Å². The maximum Gasteiger partial charge on any atom is 0.330 e. The van der Waals surface area contributed by atoms with E-state index in [4.69, 9.17) is 30.1 Å². The molecule has 0 spiro atoms. The van der Waals surface area contributed by atoms with Gasteiger partial charge in [-0.3, -0.25) is 18.9 Å². The topological polar surface area (TPSA) is 112 Å². The Morgan fingerprint density at radius 3 is 2.95 bits per heavy atom. The van der Waals surface area contributed by atoms with Gasteiger partial charge in [0.25, 0.3) is 5.56 Å². The largest absolute Gasteiger partial charge is 0.383 e. The van der Waals surface area contributed by atoms with Gasteiger partial charge in [0.15, 0.2) is 6.23 Å². The Morgan fingerprint density at radius 1 is 1.59 bits per heavy atom. The van der Waals surface area contributed by atoms with E-state index in [9.17, 15) is 14.7 Å². The van der Waals surface area contributed by atoms with Gasteiger partial charge in [-0.15, -0.1) is 0 Å². The first-order chi connectivity index (χ1) is 10.3. The monoisotopic (exact) mass is 350 g/mol. The zero-order valence-corrected chi connectivity index (χ0v) is 13.5. The van der Waals surface area contributed by atoms with Gasteiger partial charge in [-0.25, -0.2) is 4.79 Å². The third-order valence-electron chi connectivity index (χ3n) is 3.68. The Morgan fingerprint density at radius 2 is 2.32 bits per heavy atom. The molecular formula is C11H15N2O7PS. The Bertz CT molecular complexity index is 744. The minimum Gasteiger partial charge on any atom is -0.383 e. The summed E-state index contributed by atoms with van der Waals surface area (Å²) in [7, 11) is 1.37. The van der Waals surface area contributed by atoms with Gasteiger partial charge in [0.2, 0.25) is 0 Å². The van der Waals surface area contributed by atoms with Crippen LogP contribution in [-0.2, 0) is 30.1 Å². The lowest BCUT2D eigenvalue weighted by molar-refractivity contribution is -0.0928. The van der Waals surface area contributed by atoms with Crippen molar-refractivity contribution in [1.82, 2.24) is 9.55 Å². The molecule has 5 unspecified atom stereocenters. The maximum atomic E-state index is 11.9. The van der Waals surface area contributed by atoms with Gasteiger partial charge < -0.3 is 18.9 Å². The summed E-state index contributed by atoms with van der Waals surface area (Å²) in [5, 5.41) is 10.8. The van der Waals surface area contributed by atoms with Gasteiger partial charge >= 0.3 is 12.4 Å². The summed E-state index contributed by atoms with van der Waals surface area (Å²) in [5.41, 5.74) is -2.78. The summed E-state index contributed by atoms with van der Waals surface area (Å²) in [4.78, 5) is 25.2. The van der Waals surface area contributed by atoms with Crippen LogP contribution in [0.25, 0.3) is 0 Å². The number of hydrogen-bond acceptors (Lipinski definition) is 8. The second-order valence-electron chi connectivity index (χ2n) is 5.22. The number of aromatic amines is 1. The first kappa shape index (κ1) is 16.0. The number of aromatic nitrogens is 2. The van der Waals surface area contributed by atoms with Crippen molar-refractivity contribution >= 4 is 18.5 Å². The first-order valence-electron chi connectivity index (χ1n) is 6.45. The molecule has 3 rings (SSSR count). The van der Waals surface area contributed by atoms with Crippen LogP contribution in [0.5, 0.6) is 0 Å². The molecule has 22 heavy (non-hydrogen) atoms. The molecule has 0 aromatic carbocycles. The van der Waals surface area contributed by atoms with Crippen LogP contribution in [0.15, 0.2) is 21.9 Å². The molecule has 0 amide bonds. The molecule has 122 valence electrons. The van der Waals surface area contributed by atoms with Gasteiger partial charge in [-0.2, -0.15) is 0 Å². The van der Waals surface area contributed by atoms with Gasteiger partial charge in [0.05, 0.1) is 6.61 Å². The average molecular weight is 350 g/mol. The average Bonchev–Trinajstić information content (AvgIpc) is 2.71. The summed E-state index contributed by atoms with van der Waals surface area (Å²) in [6.45, 7) is -1.38. The zero-order chi connectivity index (χ0) is 16.1. The first-order valence-corrected chi connectivity index (χ1v) is 9.00. The van der Waals surface area contributed by atoms with E-state index < -0.39 is 42.0 Å². The molecular weight excluding hydrogens is 335 g/mol. The smallest absolute Gasteiger partial charge is 0.330 e. The molecule has 0 radical (unpaired) electrons. The second-order valence-corrected chi connectivity index (χ2v) is 8.29. The van der Waals surface area contributed by atoms with E-state index >= 15 is 0 Å². The summed E-state index contributed by atoms with van der Waals surface area (Å²) < 4.78 is 22.8. The van der Waals surface area contributed by atoms with E-state index in [0.717, 1.165) is 4.57 Å². The zero-order valence-electron chi connectivity index (χ0n) is 11.8. The molecule has 2 aliphatic heterocycles. The fourth-order valence-corrected chi connectivity index (χ4v) is 4.25. The number of rotatable bonds is 2. The molecule has 3 heterocycles. The Balaban J connectivity index is 1.98. The molecule has 2 fully saturated rings. The number of H-pyrrole nitrogens is 1. The Hall–Kier alpha value is -0.870. The summed E-state index contributed by atoms with van der Waals surface area (Å²) >= 11 is 5.14. The van der Waals surface area contributed by atoms with Crippen LogP contribution in [-0.4, -0.2) is 46.2 Å². The van der Waals surface area contributed by atoms with Crippen LogP contribution in [0.1, 0.15) is 13.2 Å². The normalized spacial score (nSPS) is 41.3. The second kappa shape index (κ2) is 5.34.